The predicted octanol–water partition coefficient (Wildman–Crippen LogP) is 3.62. The number of carbonyl (C=O) groups excluding carboxylic acids is 1. The first-order chi connectivity index (χ1) is 9.79. The van der Waals surface area contributed by atoms with Gasteiger partial charge in [0.25, 0.3) is 5.95 Å². The van der Waals surface area contributed by atoms with E-state index in [9.17, 15) is 9.90 Å². The Kier molecular flexibility index (Phi) is 3.85. The summed E-state index contributed by atoms with van der Waals surface area (Å²) in [5.41, 5.74) is 1.27. The van der Waals surface area contributed by atoms with E-state index in [4.69, 9.17) is 13.9 Å². The van der Waals surface area contributed by atoms with Gasteiger partial charge in [0.15, 0.2) is 5.56 Å². The van der Waals surface area contributed by atoms with Gasteiger partial charge in [-0.2, -0.15) is 0 Å². The molecule has 0 fully saturated rings. The minimum atomic E-state index is -0.529. The Hall–Kier alpha value is -2.17. The largest absolute Gasteiger partial charge is 0.508 e. The van der Waals surface area contributed by atoms with Crippen molar-refractivity contribution in [2.24, 2.45) is 0 Å². The number of benzene rings is 1. The van der Waals surface area contributed by atoms with Gasteiger partial charge in [0, 0.05) is 10.9 Å². The predicted molar refractivity (Wildman–Crippen MR) is 79.1 cm³/mol. The van der Waals surface area contributed by atoms with Crippen LogP contribution in [0.5, 0.6) is 11.7 Å². The van der Waals surface area contributed by atoms with Crippen LogP contribution in [0.2, 0.25) is 0 Å². The molecule has 1 aromatic carbocycles. The van der Waals surface area contributed by atoms with E-state index >= 15 is 0 Å². The van der Waals surface area contributed by atoms with Crippen LogP contribution in [0.25, 0.3) is 11.0 Å². The molecular formula is C16H20O5. The van der Waals surface area contributed by atoms with Crippen molar-refractivity contribution in [1.29, 1.82) is 0 Å². The fourth-order valence-corrected chi connectivity index (χ4v) is 2.26. The molecule has 0 atom stereocenters. The normalized spacial score (nSPS) is 11.7. The highest BCUT2D eigenvalue weighted by molar-refractivity contribution is 6.07. The molecule has 0 aliphatic carbocycles. The van der Waals surface area contributed by atoms with E-state index in [2.05, 4.69) is 0 Å². The number of furan rings is 1. The number of esters is 1. The van der Waals surface area contributed by atoms with Crippen molar-refractivity contribution in [3.8, 4) is 11.7 Å². The van der Waals surface area contributed by atoms with E-state index in [0.29, 0.717) is 11.0 Å². The van der Waals surface area contributed by atoms with Crippen LogP contribution in [0.3, 0.4) is 0 Å². The summed E-state index contributed by atoms with van der Waals surface area (Å²) in [5.74, 6) is -0.362. The minimum absolute atomic E-state index is 0.0708. The van der Waals surface area contributed by atoms with Crippen LogP contribution in [0.1, 0.15) is 43.6 Å². The van der Waals surface area contributed by atoms with Gasteiger partial charge in [-0.25, -0.2) is 4.79 Å². The van der Waals surface area contributed by atoms with Gasteiger partial charge in [0.2, 0.25) is 0 Å². The maximum Gasteiger partial charge on any atom is 0.346 e. The molecule has 2 rings (SSSR count). The van der Waals surface area contributed by atoms with E-state index in [1.807, 2.05) is 20.8 Å². The highest BCUT2D eigenvalue weighted by atomic mass is 16.6. The average Bonchev–Trinajstić information content (AvgIpc) is 2.75. The molecule has 0 aliphatic heterocycles. The Labute approximate surface area is 123 Å². The van der Waals surface area contributed by atoms with E-state index < -0.39 is 5.97 Å². The summed E-state index contributed by atoms with van der Waals surface area (Å²) in [6.07, 6.45) is 0. The SMILES string of the molecule is CCOC(=O)c1c(OC)oc2c(C(C)(C)C)cc(O)cc12. The number of ether oxygens (including phenoxy) is 2. The molecule has 114 valence electrons. The van der Waals surface area contributed by atoms with Crippen LogP contribution < -0.4 is 4.74 Å². The first-order valence-corrected chi connectivity index (χ1v) is 6.80. The van der Waals surface area contributed by atoms with Crippen molar-refractivity contribution in [2.45, 2.75) is 33.1 Å². The summed E-state index contributed by atoms with van der Waals surface area (Å²) in [4.78, 5) is 12.1. The number of phenols is 1. The third-order valence-corrected chi connectivity index (χ3v) is 3.21. The number of hydrogen-bond donors (Lipinski definition) is 1. The minimum Gasteiger partial charge on any atom is -0.508 e. The first kappa shape index (κ1) is 15.2. The Balaban J connectivity index is 2.80. The van der Waals surface area contributed by atoms with Crippen molar-refractivity contribution >= 4 is 16.9 Å². The Morgan fingerprint density at radius 1 is 1.33 bits per heavy atom. The van der Waals surface area contributed by atoms with Crippen LogP contribution in [0.4, 0.5) is 0 Å². The van der Waals surface area contributed by atoms with Gasteiger partial charge >= 0.3 is 5.97 Å². The lowest BCUT2D eigenvalue weighted by Gasteiger charge is -2.19. The topological polar surface area (TPSA) is 68.9 Å². The lowest BCUT2D eigenvalue weighted by atomic mass is 9.85. The zero-order valence-electron chi connectivity index (χ0n) is 12.9. The molecule has 0 amide bonds. The summed E-state index contributed by atoms with van der Waals surface area (Å²) in [7, 11) is 1.43. The summed E-state index contributed by atoms with van der Waals surface area (Å²) in [6.45, 7) is 7.98. The van der Waals surface area contributed by atoms with Crippen molar-refractivity contribution in [3.63, 3.8) is 0 Å². The summed E-state index contributed by atoms with van der Waals surface area (Å²) < 4.78 is 15.9. The highest BCUT2D eigenvalue weighted by Gasteiger charge is 2.28. The smallest absolute Gasteiger partial charge is 0.346 e. The average molecular weight is 292 g/mol. The lowest BCUT2D eigenvalue weighted by Crippen LogP contribution is -2.11. The van der Waals surface area contributed by atoms with Gasteiger partial charge < -0.3 is 19.0 Å². The monoisotopic (exact) mass is 292 g/mol. The number of fused-ring (bicyclic) bond motifs is 1. The van der Waals surface area contributed by atoms with Gasteiger partial charge in [0.1, 0.15) is 11.3 Å². The molecule has 0 aliphatic rings. The Bertz CT molecular complexity index is 676. The lowest BCUT2D eigenvalue weighted by molar-refractivity contribution is 0.0522. The third kappa shape index (κ3) is 2.68. The molecule has 0 saturated carbocycles. The van der Waals surface area contributed by atoms with Crippen molar-refractivity contribution < 1.29 is 23.8 Å². The molecule has 0 saturated heterocycles. The second kappa shape index (κ2) is 5.31. The fraction of sp³-hybridized carbons (Fsp3) is 0.438. The molecule has 1 heterocycles. The van der Waals surface area contributed by atoms with Crippen LogP contribution >= 0.6 is 0 Å². The zero-order chi connectivity index (χ0) is 15.8. The van der Waals surface area contributed by atoms with Crippen molar-refractivity contribution in [1.82, 2.24) is 0 Å². The molecule has 5 heteroatoms. The Morgan fingerprint density at radius 3 is 2.52 bits per heavy atom. The van der Waals surface area contributed by atoms with E-state index in [1.54, 1.807) is 13.0 Å². The molecule has 0 unspecified atom stereocenters. The second-order valence-corrected chi connectivity index (χ2v) is 5.81. The number of methoxy groups -OCH3 is 1. The third-order valence-electron chi connectivity index (χ3n) is 3.21. The molecule has 1 N–H and O–H groups in total. The van der Waals surface area contributed by atoms with Crippen LogP contribution in [0, 0.1) is 0 Å². The van der Waals surface area contributed by atoms with Crippen LogP contribution in [-0.2, 0) is 10.2 Å². The molecular weight excluding hydrogens is 272 g/mol. The Morgan fingerprint density at radius 2 is 2.00 bits per heavy atom. The molecule has 0 spiro atoms. The molecule has 5 nitrogen and oxygen atoms in total. The van der Waals surface area contributed by atoms with Gasteiger partial charge in [-0.15, -0.1) is 0 Å². The van der Waals surface area contributed by atoms with E-state index in [0.717, 1.165) is 5.56 Å². The molecule has 21 heavy (non-hydrogen) atoms. The van der Waals surface area contributed by atoms with Gasteiger partial charge in [-0.3, -0.25) is 0 Å². The van der Waals surface area contributed by atoms with E-state index in [1.165, 1.54) is 13.2 Å². The quantitative estimate of drug-likeness (QED) is 0.875. The number of rotatable bonds is 3. The van der Waals surface area contributed by atoms with E-state index in [-0.39, 0.29) is 29.3 Å². The highest BCUT2D eigenvalue weighted by Crippen LogP contribution is 2.40. The van der Waals surface area contributed by atoms with Gasteiger partial charge in [0.05, 0.1) is 13.7 Å². The first-order valence-electron chi connectivity index (χ1n) is 6.80. The summed E-state index contributed by atoms with van der Waals surface area (Å²) in [6, 6.07) is 3.13. The van der Waals surface area contributed by atoms with Crippen LogP contribution in [-0.4, -0.2) is 24.8 Å². The molecule has 1 aromatic heterocycles. The van der Waals surface area contributed by atoms with Crippen molar-refractivity contribution in [3.05, 3.63) is 23.3 Å². The summed E-state index contributed by atoms with van der Waals surface area (Å²) in [5, 5.41) is 10.5. The number of hydrogen-bond acceptors (Lipinski definition) is 5. The second-order valence-electron chi connectivity index (χ2n) is 5.81. The number of carbonyl (C=O) groups is 1. The zero-order valence-corrected chi connectivity index (χ0v) is 12.9. The molecule has 0 bridgehead atoms. The van der Waals surface area contributed by atoms with Gasteiger partial charge in [-0.05, 0) is 24.5 Å². The standard InChI is InChI=1S/C16H20O5/c1-6-20-14(18)12-10-7-9(17)8-11(16(2,3)4)13(10)21-15(12)19-5/h7-8,17H,6H2,1-5H3. The van der Waals surface area contributed by atoms with Gasteiger partial charge in [-0.1, -0.05) is 20.8 Å². The van der Waals surface area contributed by atoms with Crippen molar-refractivity contribution in [2.75, 3.05) is 13.7 Å². The maximum atomic E-state index is 12.1. The maximum absolute atomic E-state index is 12.1. The number of aromatic hydroxyl groups is 1. The van der Waals surface area contributed by atoms with Crippen LogP contribution in [0.15, 0.2) is 16.5 Å². The molecule has 0 radical (unpaired) electrons. The summed E-state index contributed by atoms with van der Waals surface area (Å²) >= 11 is 0. The molecule has 2 aromatic rings. The fourth-order valence-electron chi connectivity index (χ4n) is 2.26. The number of phenolic OH excluding ortho intramolecular Hbond substituents is 1.